The van der Waals surface area contributed by atoms with Crippen LogP contribution in [0.5, 0.6) is 0 Å². The molecule has 1 aliphatic heterocycles. The van der Waals surface area contributed by atoms with Crippen molar-refractivity contribution in [2.75, 3.05) is 7.11 Å². The summed E-state index contributed by atoms with van der Waals surface area (Å²) in [5.74, 6) is -2.13. The van der Waals surface area contributed by atoms with Crippen molar-refractivity contribution in [3.05, 3.63) is 132 Å². The average Bonchev–Trinajstić information content (AvgIpc) is 3.44. The van der Waals surface area contributed by atoms with Crippen molar-refractivity contribution in [1.82, 2.24) is 9.88 Å². The Kier molecular flexibility index (Phi) is 7.90. The minimum absolute atomic E-state index is 0.184. The molecule has 8 heteroatoms. The van der Waals surface area contributed by atoms with E-state index in [9.17, 15) is 14.4 Å². The highest BCUT2D eigenvalue weighted by Gasteiger charge is 2.59. The van der Waals surface area contributed by atoms with Crippen molar-refractivity contribution in [2.45, 2.75) is 50.3 Å². The minimum atomic E-state index is -1.42. The van der Waals surface area contributed by atoms with Crippen LogP contribution in [0.1, 0.15) is 55.5 Å². The lowest BCUT2D eigenvalue weighted by Gasteiger charge is -2.52. The Hall–Kier alpha value is -5.37. The summed E-state index contributed by atoms with van der Waals surface area (Å²) >= 11 is 0. The molecule has 0 saturated heterocycles. The molecule has 4 aromatic carbocycles. The van der Waals surface area contributed by atoms with Crippen LogP contribution >= 0.6 is 0 Å². The molecule has 0 fully saturated rings. The summed E-state index contributed by atoms with van der Waals surface area (Å²) in [7, 11) is 1.30. The third-order valence-electron chi connectivity index (χ3n) is 8.60. The minimum Gasteiger partial charge on any atom is -0.469 e. The van der Waals surface area contributed by atoms with Gasteiger partial charge in [-0.05, 0) is 54.7 Å². The molecule has 0 radical (unpaired) electrons. The number of primary amides is 1. The zero-order valence-corrected chi connectivity index (χ0v) is 26.3. The van der Waals surface area contributed by atoms with Crippen molar-refractivity contribution < 1.29 is 23.9 Å². The van der Waals surface area contributed by atoms with Crippen LogP contribution in [0.2, 0.25) is 0 Å². The zero-order chi connectivity index (χ0) is 32.6. The first-order valence-electron chi connectivity index (χ1n) is 15.3. The van der Waals surface area contributed by atoms with E-state index in [0.717, 1.165) is 27.6 Å². The topological polar surface area (TPSA) is 115 Å². The molecule has 6 rings (SSSR count). The fourth-order valence-electron chi connectivity index (χ4n) is 6.81. The lowest BCUT2D eigenvalue weighted by Crippen LogP contribution is -2.65. The number of carbonyl (C=O) groups excluding carboxylic acids is 3. The Labute approximate surface area is 268 Å². The third kappa shape index (κ3) is 5.19. The summed E-state index contributed by atoms with van der Waals surface area (Å²) < 4.78 is 11.2. The highest BCUT2D eigenvalue weighted by molar-refractivity contribution is 5.94. The fraction of sp³-hybridized carbons (Fsp3) is 0.237. The van der Waals surface area contributed by atoms with Crippen LogP contribution < -0.4 is 5.73 Å². The number of nitrogens with two attached hydrogens (primary N) is 1. The molecule has 1 aromatic heterocycles. The normalized spacial score (nSPS) is 19.3. The molecule has 234 valence electrons. The van der Waals surface area contributed by atoms with Crippen molar-refractivity contribution in [2.24, 2.45) is 5.73 Å². The van der Waals surface area contributed by atoms with E-state index >= 15 is 0 Å². The van der Waals surface area contributed by atoms with Gasteiger partial charge in [-0.3, -0.25) is 14.5 Å². The van der Waals surface area contributed by atoms with Crippen LogP contribution in [0.15, 0.2) is 109 Å². The van der Waals surface area contributed by atoms with Gasteiger partial charge in [-0.1, -0.05) is 103 Å². The van der Waals surface area contributed by atoms with Gasteiger partial charge in [0.25, 0.3) is 0 Å². The number of carbonyl (C=O) groups is 3. The number of hydrogen-bond acceptors (Lipinski definition) is 5. The third-order valence-corrected chi connectivity index (χ3v) is 8.60. The van der Waals surface area contributed by atoms with E-state index in [1.165, 1.54) is 12.0 Å². The summed E-state index contributed by atoms with van der Waals surface area (Å²) in [4.78, 5) is 46.5. The highest BCUT2D eigenvalue weighted by Crippen LogP contribution is 2.54. The van der Waals surface area contributed by atoms with Crippen molar-refractivity contribution in [3.63, 3.8) is 0 Å². The van der Waals surface area contributed by atoms with E-state index < -0.39 is 41.1 Å². The molecule has 2 amide bonds. The van der Waals surface area contributed by atoms with Crippen LogP contribution in [-0.2, 0) is 24.6 Å². The smallest absolute Gasteiger partial charge is 0.412 e. The second-order valence-corrected chi connectivity index (χ2v) is 12.6. The molecule has 0 saturated carbocycles. The van der Waals surface area contributed by atoms with Gasteiger partial charge in [0.2, 0.25) is 5.91 Å². The van der Waals surface area contributed by atoms with Gasteiger partial charge in [0, 0.05) is 16.8 Å². The monoisotopic (exact) mass is 615 g/mol. The number of amides is 2. The van der Waals surface area contributed by atoms with Gasteiger partial charge in [-0.2, -0.15) is 0 Å². The number of nitrogens with zero attached hydrogens (tertiary/aromatic N) is 1. The Balaban J connectivity index is 1.75. The van der Waals surface area contributed by atoms with Gasteiger partial charge in [0.05, 0.1) is 19.2 Å². The number of hydrogen-bond donors (Lipinski definition) is 2. The summed E-state index contributed by atoms with van der Waals surface area (Å²) in [6, 6.07) is 33.9. The summed E-state index contributed by atoms with van der Waals surface area (Å²) in [5.41, 5.74) is 9.54. The van der Waals surface area contributed by atoms with Gasteiger partial charge < -0.3 is 20.2 Å². The zero-order valence-electron chi connectivity index (χ0n) is 26.3. The molecule has 5 aromatic rings. The van der Waals surface area contributed by atoms with Crippen LogP contribution in [0.3, 0.4) is 0 Å². The van der Waals surface area contributed by atoms with E-state index in [0.29, 0.717) is 16.8 Å². The number of rotatable bonds is 6. The van der Waals surface area contributed by atoms with E-state index in [4.69, 9.17) is 15.2 Å². The maximum Gasteiger partial charge on any atom is 0.412 e. The number of nitrogens with one attached hydrogen (secondary N) is 1. The number of fused-ring (bicyclic) bond motifs is 3. The number of H-pyrrole nitrogens is 1. The number of aromatic amines is 1. The Morgan fingerprint density at radius 1 is 0.804 bits per heavy atom. The van der Waals surface area contributed by atoms with Gasteiger partial charge in [-0.25, -0.2) is 4.79 Å². The van der Waals surface area contributed by atoms with E-state index in [-0.39, 0.29) is 6.42 Å². The first-order valence-corrected chi connectivity index (χ1v) is 15.3. The molecule has 1 unspecified atom stereocenters. The predicted molar refractivity (Wildman–Crippen MR) is 177 cm³/mol. The lowest BCUT2D eigenvalue weighted by atomic mass is 9.68. The van der Waals surface area contributed by atoms with Crippen LogP contribution in [0.4, 0.5) is 4.79 Å². The second kappa shape index (κ2) is 11.9. The van der Waals surface area contributed by atoms with Gasteiger partial charge >= 0.3 is 12.1 Å². The van der Waals surface area contributed by atoms with Gasteiger partial charge in [-0.15, -0.1) is 0 Å². The fourth-order valence-corrected chi connectivity index (χ4v) is 6.81. The van der Waals surface area contributed by atoms with E-state index in [1.807, 2.05) is 109 Å². The van der Waals surface area contributed by atoms with Crippen molar-refractivity contribution in [1.29, 1.82) is 0 Å². The standard InChI is InChI=1S/C38H37N3O5/c1-37(2,3)46-36(44)41-33(35(39)43)29(23-31(42)45-4)32-28-17-11-12-18-30(28)40-34(32)38(41,26-15-9-6-10-16-26)27-21-19-25(20-22-27)24-13-7-5-8-14-24/h5-22,29,33,40H,23H2,1-4H3,(H2,39,43)/t29?,33-,38+/m1/s1. The molecule has 0 spiro atoms. The lowest BCUT2D eigenvalue weighted by molar-refractivity contribution is -0.142. The Morgan fingerprint density at radius 2 is 1.37 bits per heavy atom. The summed E-state index contributed by atoms with van der Waals surface area (Å²) in [5, 5.41) is 0.822. The Bertz CT molecular complexity index is 1890. The predicted octanol–water partition coefficient (Wildman–Crippen LogP) is 6.88. The maximum absolute atomic E-state index is 14.7. The molecular formula is C38H37N3O5. The number of ether oxygens (including phenoxy) is 2. The molecule has 3 atom stereocenters. The molecule has 1 aliphatic rings. The highest BCUT2D eigenvalue weighted by atomic mass is 16.6. The SMILES string of the molecule is COC(=O)CC1c2c([nH]c3ccccc23)[C@](c2ccccc2)(c2ccc(-c3ccccc3)cc2)N(C(=O)OC(C)(C)C)[C@H]1C(N)=O. The summed E-state index contributed by atoms with van der Waals surface area (Å²) in [6.07, 6.45) is -0.928. The first kappa shape index (κ1) is 30.6. The van der Waals surface area contributed by atoms with Crippen molar-refractivity contribution >= 4 is 28.9 Å². The number of methoxy groups -OCH3 is 1. The number of aromatic nitrogens is 1. The second-order valence-electron chi connectivity index (χ2n) is 12.6. The Morgan fingerprint density at radius 3 is 1.98 bits per heavy atom. The van der Waals surface area contributed by atoms with E-state index in [2.05, 4.69) is 4.98 Å². The van der Waals surface area contributed by atoms with Crippen LogP contribution in [0, 0.1) is 0 Å². The molecule has 2 heterocycles. The molecule has 0 bridgehead atoms. The molecule has 8 nitrogen and oxygen atoms in total. The van der Waals surface area contributed by atoms with Crippen molar-refractivity contribution in [3.8, 4) is 11.1 Å². The molecule has 46 heavy (non-hydrogen) atoms. The quantitative estimate of drug-likeness (QED) is 0.202. The maximum atomic E-state index is 14.7. The summed E-state index contributed by atoms with van der Waals surface area (Å²) in [6.45, 7) is 5.31. The number of esters is 1. The molecule has 3 N–H and O–H groups in total. The average molecular weight is 616 g/mol. The van der Waals surface area contributed by atoms with Crippen LogP contribution in [-0.4, -0.2) is 46.6 Å². The van der Waals surface area contributed by atoms with Crippen LogP contribution in [0.25, 0.3) is 22.0 Å². The van der Waals surface area contributed by atoms with E-state index in [1.54, 1.807) is 20.8 Å². The number of para-hydroxylation sites is 1. The number of benzene rings is 4. The molecular weight excluding hydrogens is 578 g/mol. The van der Waals surface area contributed by atoms with Gasteiger partial charge in [0.15, 0.2) is 0 Å². The first-order chi connectivity index (χ1) is 22.1. The molecule has 0 aliphatic carbocycles. The van der Waals surface area contributed by atoms with Gasteiger partial charge in [0.1, 0.15) is 17.2 Å². The largest absolute Gasteiger partial charge is 0.469 e.